The van der Waals surface area contributed by atoms with Crippen LogP contribution >= 0.6 is 0 Å². The average Bonchev–Trinajstić information content (AvgIpc) is 2.91. The molecule has 0 fully saturated rings. The highest BCUT2D eigenvalue weighted by atomic mass is 16.5. The van der Waals surface area contributed by atoms with Gasteiger partial charge in [0, 0.05) is 30.4 Å². The Morgan fingerprint density at radius 1 is 1.03 bits per heavy atom. The van der Waals surface area contributed by atoms with Crippen molar-refractivity contribution < 1.29 is 14.6 Å². The highest BCUT2D eigenvalue weighted by Crippen LogP contribution is 2.41. The van der Waals surface area contributed by atoms with E-state index < -0.39 is 5.91 Å². The molecule has 6 nitrogen and oxygen atoms in total. The fourth-order valence-electron chi connectivity index (χ4n) is 4.67. The maximum Gasteiger partial charge on any atom is 0.257 e. The van der Waals surface area contributed by atoms with Crippen LogP contribution in [0.25, 0.3) is 11.3 Å². The molecule has 0 saturated carbocycles. The number of nitrogens with one attached hydrogen (secondary N) is 1. The zero-order valence-electron chi connectivity index (χ0n) is 20.1. The summed E-state index contributed by atoms with van der Waals surface area (Å²) in [5.41, 5.74) is 4.21. The van der Waals surface area contributed by atoms with Crippen molar-refractivity contribution in [3.8, 4) is 22.8 Å². The summed E-state index contributed by atoms with van der Waals surface area (Å²) in [6.07, 6.45) is 3.18. The molecule has 6 heteroatoms. The van der Waals surface area contributed by atoms with Gasteiger partial charge in [-0.3, -0.25) is 9.59 Å². The fraction of sp³-hybridized carbons (Fsp3) is 0.200. The van der Waals surface area contributed by atoms with E-state index in [1.165, 1.54) is 6.07 Å². The van der Waals surface area contributed by atoms with Gasteiger partial charge in [0.15, 0.2) is 16.9 Å². The number of aromatic nitrogens is 1. The van der Waals surface area contributed by atoms with Crippen LogP contribution in [0.3, 0.4) is 0 Å². The van der Waals surface area contributed by atoms with Gasteiger partial charge in [-0.15, -0.1) is 0 Å². The predicted octanol–water partition coefficient (Wildman–Crippen LogP) is 5.24. The summed E-state index contributed by atoms with van der Waals surface area (Å²) in [4.78, 5) is 25.9. The van der Waals surface area contributed by atoms with Crippen LogP contribution in [0.2, 0.25) is 0 Å². The van der Waals surface area contributed by atoms with Crippen LogP contribution < -0.4 is 15.5 Å². The van der Waals surface area contributed by atoms with E-state index in [9.17, 15) is 14.7 Å². The van der Waals surface area contributed by atoms with E-state index in [0.717, 1.165) is 28.7 Å². The lowest BCUT2D eigenvalue weighted by Crippen LogP contribution is -2.31. The number of amides is 1. The molecule has 1 aliphatic rings. The van der Waals surface area contributed by atoms with E-state index in [1.807, 2.05) is 71.3 Å². The van der Waals surface area contributed by atoms with Crippen molar-refractivity contribution >= 4 is 5.91 Å². The molecule has 0 aliphatic carbocycles. The highest BCUT2D eigenvalue weighted by Gasteiger charge is 2.26. The largest absolute Gasteiger partial charge is 0.504 e. The molecular formula is C30H28N2O4. The summed E-state index contributed by atoms with van der Waals surface area (Å²) >= 11 is 0. The van der Waals surface area contributed by atoms with Crippen LogP contribution in [0.15, 0.2) is 89.9 Å². The lowest BCUT2D eigenvalue weighted by atomic mass is 9.90. The summed E-state index contributed by atoms with van der Waals surface area (Å²) in [6.45, 7) is 2.78. The molecule has 1 atom stereocenters. The molecule has 0 spiro atoms. The van der Waals surface area contributed by atoms with Crippen molar-refractivity contribution in [1.29, 1.82) is 0 Å². The number of hydrogen-bond acceptors (Lipinski definition) is 4. The monoisotopic (exact) mass is 480 g/mol. The van der Waals surface area contributed by atoms with Gasteiger partial charge in [-0.1, -0.05) is 67.6 Å². The van der Waals surface area contributed by atoms with E-state index in [-0.39, 0.29) is 22.8 Å². The van der Waals surface area contributed by atoms with Gasteiger partial charge in [-0.2, -0.15) is 0 Å². The topological polar surface area (TPSA) is 80.6 Å². The molecule has 1 amide bonds. The SMILES string of the molecule is CCC1Cc2cc(OCc3ccccc3)c(O)cc2-c2cc(=O)c(C(=O)NCc3ccccc3)cn21. The number of ether oxygens (including phenoxy) is 1. The van der Waals surface area contributed by atoms with Gasteiger partial charge in [0.2, 0.25) is 0 Å². The third-order valence-electron chi connectivity index (χ3n) is 6.64. The summed E-state index contributed by atoms with van der Waals surface area (Å²) in [6, 6.07) is 24.5. The Kier molecular flexibility index (Phi) is 6.58. The van der Waals surface area contributed by atoms with Gasteiger partial charge in [-0.05, 0) is 41.7 Å². The number of carbonyl (C=O) groups excluding carboxylic acids is 1. The second-order valence-electron chi connectivity index (χ2n) is 9.03. The first-order valence-electron chi connectivity index (χ1n) is 12.1. The molecule has 3 aromatic carbocycles. The number of fused-ring (bicyclic) bond motifs is 3. The number of rotatable bonds is 7. The van der Waals surface area contributed by atoms with E-state index in [2.05, 4.69) is 12.2 Å². The standard InChI is InChI=1S/C30H28N2O4/c1-2-23-13-22-14-29(36-19-21-11-7-4-8-12-21)28(34)15-24(22)26-16-27(33)25(18-32(23)26)30(35)31-17-20-9-5-3-6-10-20/h3-12,14-16,18,23,34H,2,13,17,19H2,1H3,(H,31,35). The molecule has 1 aromatic heterocycles. The Labute approximate surface area is 209 Å². The smallest absolute Gasteiger partial charge is 0.257 e. The zero-order valence-corrected chi connectivity index (χ0v) is 20.1. The van der Waals surface area contributed by atoms with Gasteiger partial charge >= 0.3 is 0 Å². The van der Waals surface area contributed by atoms with Gasteiger partial charge in [0.05, 0.1) is 5.69 Å². The van der Waals surface area contributed by atoms with Crippen LogP contribution in [0.4, 0.5) is 0 Å². The summed E-state index contributed by atoms with van der Waals surface area (Å²) < 4.78 is 7.90. The minimum absolute atomic E-state index is 0.0170. The quantitative estimate of drug-likeness (QED) is 0.379. The molecule has 4 aromatic rings. The van der Waals surface area contributed by atoms with Crippen molar-refractivity contribution in [2.45, 2.75) is 39.0 Å². The first-order chi connectivity index (χ1) is 17.5. The van der Waals surface area contributed by atoms with Gasteiger partial charge in [0.1, 0.15) is 12.2 Å². The van der Waals surface area contributed by atoms with E-state index >= 15 is 0 Å². The van der Waals surface area contributed by atoms with Crippen LogP contribution in [0, 0.1) is 0 Å². The van der Waals surface area contributed by atoms with Crippen molar-refractivity contribution in [2.75, 3.05) is 0 Å². The molecular weight excluding hydrogens is 452 g/mol. The number of nitrogens with zero attached hydrogens (tertiary/aromatic N) is 1. The summed E-state index contributed by atoms with van der Waals surface area (Å²) in [5.74, 6) is 0.0378. The summed E-state index contributed by atoms with van der Waals surface area (Å²) in [5, 5.41) is 13.6. The minimum atomic E-state index is -0.396. The van der Waals surface area contributed by atoms with Crippen LogP contribution in [-0.2, 0) is 19.6 Å². The molecule has 0 radical (unpaired) electrons. The van der Waals surface area contributed by atoms with Crippen molar-refractivity contribution in [2.24, 2.45) is 0 Å². The molecule has 1 aliphatic heterocycles. The summed E-state index contributed by atoms with van der Waals surface area (Å²) in [7, 11) is 0. The van der Waals surface area contributed by atoms with E-state index in [0.29, 0.717) is 31.0 Å². The number of phenolic OH excluding ortho intramolecular Hbond substituents is 1. The van der Waals surface area contributed by atoms with Gasteiger partial charge in [-0.25, -0.2) is 0 Å². The van der Waals surface area contributed by atoms with Crippen molar-refractivity contribution in [1.82, 2.24) is 9.88 Å². The van der Waals surface area contributed by atoms with Gasteiger partial charge < -0.3 is 19.7 Å². The first-order valence-corrected chi connectivity index (χ1v) is 12.1. The Morgan fingerprint density at radius 2 is 1.72 bits per heavy atom. The number of phenols is 1. The lowest BCUT2D eigenvalue weighted by Gasteiger charge is -2.31. The minimum Gasteiger partial charge on any atom is -0.504 e. The maximum absolute atomic E-state index is 13.0. The molecule has 5 rings (SSSR count). The fourth-order valence-corrected chi connectivity index (χ4v) is 4.67. The molecule has 1 unspecified atom stereocenters. The van der Waals surface area contributed by atoms with Crippen LogP contribution in [-0.4, -0.2) is 15.6 Å². The Morgan fingerprint density at radius 3 is 2.42 bits per heavy atom. The highest BCUT2D eigenvalue weighted by molar-refractivity contribution is 5.94. The Balaban J connectivity index is 1.44. The third kappa shape index (κ3) is 4.75. The predicted molar refractivity (Wildman–Crippen MR) is 139 cm³/mol. The average molecular weight is 481 g/mol. The van der Waals surface area contributed by atoms with E-state index in [4.69, 9.17) is 4.74 Å². The van der Waals surface area contributed by atoms with Crippen molar-refractivity contribution in [3.63, 3.8) is 0 Å². The molecule has 36 heavy (non-hydrogen) atoms. The number of hydrogen-bond donors (Lipinski definition) is 2. The molecule has 182 valence electrons. The third-order valence-corrected chi connectivity index (χ3v) is 6.64. The molecule has 2 N–H and O–H groups in total. The molecule has 0 saturated heterocycles. The van der Waals surface area contributed by atoms with E-state index in [1.54, 1.807) is 12.3 Å². The second-order valence-corrected chi connectivity index (χ2v) is 9.03. The second kappa shape index (κ2) is 10.1. The lowest BCUT2D eigenvalue weighted by molar-refractivity contribution is 0.0949. The Bertz CT molecular complexity index is 1450. The van der Waals surface area contributed by atoms with Crippen molar-refractivity contribution in [3.05, 3.63) is 118 Å². The van der Waals surface area contributed by atoms with Crippen LogP contribution in [0.5, 0.6) is 11.5 Å². The number of benzene rings is 3. The zero-order chi connectivity index (χ0) is 25.1. The molecule has 0 bridgehead atoms. The normalized spacial score (nSPS) is 14.0. The first kappa shape index (κ1) is 23.4. The number of aromatic hydroxyl groups is 1. The number of carbonyl (C=O) groups is 1. The molecule has 2 heterocycles. The maximum atomic E-state index is 13.0. The Hall–Kier alpha value is -4.32. The van der Waals surface area contributed by atoms with Gasteiger partial charge in [0.25, 0.3) is 5.91 Å². The number of pyridine rings is 1. The van der Waals surface area contributed by atoms with Crippen LogP contribution in [0.1, 0.15) is 46.4 Å².